The third kappa shape index (κ3) is 3.62. The van der Waals surface area contributed by atoms with Gasteiger partial charge in [-0.1, -0.05) is 23.7 Å². The number of halogens is 2. The maximum Gasteiger partial charge on any atom is 0.303 e. The Balaban J connectivity index is 2.63. The van der Waals surface area contributed by atoms with Crippen LogP contribution >= 0.6 is 11.6 Å². The molecule has 0 radical (unpaired) electrons. The van der Waals surface area contributed by atoms with Gasteiger partial charge in [-0.05, 0) is 11.6 Å². The molecule has 0 saturated carbocycles. The van der Waals surface area contributed by atoms with E-state index in [0.717, 1.165) is 0 Å². The van der Waals surface area contributed by atoms with Crippen LogP contribution < -0.4 is 0 Å². The summed E-state index contributed by atoms with van der Waals surface area (Å²) in [6.07, 6.45) is -0.456. The molecule has 0 aliphatic carbocycles. The lowest BCUT2D eigenvalue weighted by molar-refractivity contribution is -0.138. The van der Waals surface area contributed by atoms with Gasteiger partial charge in [-0.3, -0.25) is 9.59 Å². The molecule has 0 spiro atoms. The number of carboxylic acid groups (broad SMARTS) is 1. The lowest BCUT2D eigenvalue weighted by atomic mass is 10.1. The van der Waals surface area contributed by atoms with Crippen LogP contribution in [0, 0.1) is 5.82 Å². The molecule has 0 amide bonds. The largest absolute Gasteiger partial charge is 0.481 e. The highest BCUT2D eigenvalue weighted by Crippen LogP contribution is 2.18. The molecule has 16 heavy (non-hydrogen) atoms. The number of rotatable bonds is 5. The van der Waals surface area contributed by atoms with Gasteiger partial charge in [-0.25, -0.2) is 4.39 Å². The van der Waals surface area contributed by atoms with E-state index >= 15 is 0 Å². The number of aliphatic carboxylic acids is 1. The minimum Gasteiger partial charge on any atom is -0.481 e. The van der Waals surface area contributed by atoms with Gasteiger partial charge in [0.15, 0.2) is 0 Å². The average Bonchev–Trinajstić information content (AvgIpc) is 2.22. The number of ketones is 1. The highest BCUT2D eigenvalue weighted by atomic mass is 35.5. The lowest BCUT2D eigenvalue weighted by Gasteiger charge is -2.03. The number of hydrogen-bond acceptors (Lipinski definition) is 2. The fourth-order valence-corrected chi connectivity index (χ4v) is 1.43. The summed E-state index contributed by atoms with van der Waals surface area (Å²) in [6.45, 7) is 0. The molecule has 0 aliphatic rings. The van der Waals surface area contributed by atoms with Gasteiger partial charge >= 0.3 is 5.97 Å². The Kier molecular flexibility index (Phi) is 4.43. The van der Waals surface area contributed by atoms with Crippen molar-refractivity contribution in [3.05, 3.63) is 34.6 Å². The van der Waals surface area contributed by atoms with E-state index in [9.17, 15) is 14.0 Å². The molecular weight excluding hydrogens is 235 g/mol. The molecule has 0 aromatic heterocycles. The minimum absolute atomic E-state index is 0.0384. The molecule has 0 unspecified atom stereocenters. The van der Waals surface area contributed by atoms with Gasteiger partial charge < -0.3 is 5.11 Å². The van der Waals surface area contributed by atoms with Crippen molar-refractivity contribution < 1.29 is 19.1 Å². The molecule has 0 fully saturated rings. The SMILES string of the molecule is O=C(O)CCC(=O)Cc1cccc(Cl)c1F. The third-order valence-corrected chi connectivity index (χ3v) is 2.33. The van der Waals surface area contributed by atoms with Crippen molar-refractivity contribution in [1.29, 1.82) is 0 Å². The van der Waals surface area contributed by atoms with E-state index in [1.54, 1.807) is 6.07 Å². The van der Waals surface area contributed by atoms with Gasteiger partial charge in [0.2, 0.25) is 0 Å². The fourth-order valence-electron chi connectivity index (χ4n) is 1.23. The van der Waals surface area contributed by atoms with Crippen LogP contribution in [0.5, 0.6) is 0 Å². The van der Waals surface area contributed by atoms with Crippen molar-refractivity contribution in [2.75, 3.05) is 0 Å². The van der Waals surface area contributed by atoms with Crippen LogP contribution in [0.3, 0.4) is 0 Å². The number of benzene rings is 1. The lowest BCUT2D eigenvalue weighted by Crippen LogP contribution is -2.07. The second-order valence-corrected chi connectivity index (χ2v) is 3.73. The molecule has 1 N–H and O–H groups in total. The summed E-state index contributed by atoms with van der Waals surface area (Å²) in [6, 6.07) is 4.40. The van der Waals surface area contributed by atoms with Crippen molar-refractivity contribution in [1.82, 2.24) is 0 Å². The van der Waals surface area contributed by atoms with E-state index in [2.05, 4.69) is 0 Å². The minimum atomic E-state index is -1.04. The molecule has 1 rings (SSSR count). The summed E-state index contributed by atoms with van der Waals surface area (Å²) in [4.78, 5) is 21.5. The quantitative estimate of drug-likeness (QED) is 0.866. The zero-order valence-electron chi connectivity index (χ0n) is 8.37. The highest BCUT2D eigenvalue weighted by molar-refractivity contribution is 6.30. The van der Waals surface area contributed by atoms with Crippen LogP contribution in [0.4, 0.5) is 4.39 Å². The Morgan fingerprint density at radius 2 is 2.00 bits per heavy atom. The highest BCUT2D eigenvalue weighted by Gasteiger charge is 2.11. The van der Waals surface area contributed by atoms with Crippen LogP contribution in [0.2, 0.25) is 5.02 Å². The molecule has 0 heterocycles. The Hall–Kier alpha value is -1.42. The molecule has 0 atom stereocenters. The monoisotopic (exact) mass is 244 g/mol. The number of carbonyl (C=O) groups excluding carboxylic acids is 1. The summed E-state index contributed by atoms with van der Waals surface area (Å²) in [5.41, 5.74) is 0.197. The van der Waals surface area contributed by atoms with E-state index in [-0.39, 0.29) is 35.6 Å². The number of carbonyl (C=O) groups is 2. The summed E-state index contributed by atoms with van der Waals surface area (Å²) in [5.74, 6) is -1.98. The molecule has 0 bridgehead atoms. The second kappa shape index (κ2) is 5.61. The van der Waals surface area contributed by atoms with Gasteiger partial charge in [-0.2, -0.15) is 0 Å². The molecule has 0 saturated heterocycles. The molecular formula is C11H10ClFO3. The van der Waals surface area contributed by atoms with Crippen molar-refractivity contribution in [3.8, 4) is 0 Å². The van der Waals surface area contributed by atoms with Crippen molar-refractivity contribution in [2.45, 2.75) is 19.3 Å². The van der Waals surface area contributed by atoms with Gasteiger partial charge in [0, 0.05) is 12.8 Å². The Labute approximate surface area is 96.8 Å². The first-order chi connectivity index (χ1) is 7.50. The van der Waals surface area contributed by atoms with Crippen molar-refractivity contribution >= 4 is 23.4 Å². The van der Waals surface area contributed by atoms with Crippen LogP contribution in [-0.4, -0.2) is 16.9 Å². The van der Waals surface area contributed by atoms with E-state index in [1.807, 2.05) is 0 Å². The van der Waals surface area contributed by atoms with E-state index in [1.165, 1.54) is 12.1 Å². The summed E-state index contributed by atoms with van der Waals surface area (Å²) < 4.78 is 13.4. The maximum atomic E-state index is 13.4. The first kappa shape index (κ1) is 12.6. The molecule has 3 nitrogen and oxygen atoms in total. The standard InChI is InChI=1S/C11H10ClFO3/c12-9-3-1-2-7(11(9)13)6-8(14)4-5-10(15)16/h1-3H,4-6H2,(H,15,16). The third-order valence-electron chi connectivity index (χ3n) is 2.04. The Bertz CT molecular complexity index is 418. The normalized spacial score (nSPS) is 10.1. The molecule has 86 valence electrons. The molecule has 5 heteroatoms. The maximum absolute atomic E-state index is 13.4. The van der Waals surface area contributed by atoms with Crippen LogP contribution in [0.25, 0.3) is 0 Å². The first-order valence-corrected chi connectivity index (χ1v) is 5.05. The average molecular weight is 245 g/mol. The van der Waals surface area contributed by atoms with E-state index < -0.39 is 11.8 Å². The van der Waals surface area contributed by atoms with E-state index in [4.69, 9.17) is 16.7 Å². The van der Waals surface area contributed by atoms with Gasteiger partial charge in [0.1, 0.15) is 11.6 Å². The summed E-state index contributed by atoms with van der Waals surface area (Å²) in [5, 5.41) is 8.34. The van der Waals surface area contributed by atoms with Gasteiger partial charge in [0.05, 0.1) is 11.4 Å². The van der Waals surface area contributed by atoms with Crippen LogP contribution in [0.15, 0.2) is 18.2 Å². The zero-order chi connectivity index (χ0) is 12.1. The van der Waals surface area contributed by atoms with Gasteiger partial charge in [0.25, 0.3) is 0 Å². The summed E-state index contributed by atoms with van der Waals surface area (Å²) in [7, 11) is 0. The number of carboxylic acids is 1. The van der Waals surface area contributed by atoms with Crippen molar-refractivity contribution in [2.24, 2.45) is 0 Å². The summed E-state index contributed by atoms with van der Waals surface area (Å²) >= 11 is 5.54. The van der Waals surface area contributed by atoms with Crippen LogP contribution in [-0.2, 0) is 16.0 Å². The Morgan fingerprint density at radius 1 is 1.31 bits per heavy atom. The molecule has 1 aromatic rings. The van der Waals surface area contributed by atoms with E-state index in [0.29, 0.717) is 0 Å². The zero-order valence-corrected chi connectivity index (χ0v) is 9.13. The fraction of sp³-hybridized carbons (Fsp3) is 0.273. The van der Waals surface area contributed by atoms with Gasteiger partial charge in [-0.15, -0.1) is 0 Å². The number of hydrogen-bond donors (Lipinski definition) is 1. The molecule has 1 aromatic carbocycles. The van der Waals surface area contributed by atoms with Crippen LogP contribution in [0.1, 0.15) is 18.4 Å². The second-order valence-electron chi connectivity index (χ2n) is 3.32. The first-order valence-electron chi connectivity index (χ1n) is 4.67. The predicted molar refractivity (Wildman–Crippen MR) is 57.0 cm³/mol. The predicted octanol–water partition coefficient (Wildman–Crippen LogP) is 2.46. The van der Waals surface area contributed by atoms with Crippen molar-refractivity contribution in [3.63, 3.8) is 0 Å². The number of Topliss-reactive ketones (excluding diaryl/α,β-unsaturated/α-hetero) is 1. The Morgan fingerprint density at radius 3 is 2.62 bits per heavy atom. The smallest absolute Gasteiger partial charge is 0.303 e. The topological polar surface area (TPSA) is 54.4 Å². The molecule has 0 aliphatic heterocycles.